The van der Waals surface area contributed by atoms with Crippen molar-refractivity contribution in [3.8, 4) is 18.1 Å². The van der Waals surface area contributed by atoms with E-state index in [1.807, 2.05) is 30.3 Å². The minimum Gasteiger partial charge on any atom is -0.443 e. The Morgan fingerprint density at radius 1 is 1.06 bits per heavy atom. The first-order valence-electron chi connectivity index (χ1n) is 11.0. The van der Waals surface area contributed by atoms with Gasteiger partial charge >= 0.3 is 13.9 Å². The third kappa shape index (κ3) is 7.42. The van der Waals surface area contributed by atoms with Gasteiger partial charge in [-0.1, -0.05) is 42.5 Å². The zero-order valence-electron chi connectivity index (χ0n) is 19.5. The van der Waals surface area contributed by atoms with Gasteiger partial charge in [0.1, 0.15) is 12.4 Å². The second kappa shape index (κ2) is 12.7. The number of carbonyl (C=O) groups excluding carboxylic acids is 1. The van der Waals surface area contributed by atoms with E-state index in [0.29, 0.717) is 35.8 Å². The van der Waals surface area contributed by atoms with E-state index in [9.17, 15) is 9.36 Å². The van der Waals surface area contributed by atoms with E-state index in [-0.39, 0.29) is 19.8 Å². The number of terminal acetylenes is 1. The number of ether oxygens (including phenoxy) is 1. The van der Waals surface area contributed by atoms with E-state index in [1.54, 1.807) is 38.1 Å². The third-order valence-corrected chi connectivity index (χ3v) is 6.12. The van der Waals surface area contributed by atoms with Crippen LogP contribution in [0.1, 0.15) is 37.8 Å². The lowest BCUT2D eigenvalue weighted by Crippen LogP contribution is -2.52. The van der Waals surface area contributed by atoms with E-state index in [4.69, 9.17) is 24.7 Å². The zero-order valence-corrected chi connectivity index (χ0v) is 20.4. The Bertz CT molecular complexity index is 1130. The van der Waals surface area contributed by atoms with Crippen molar-refractivity contribution >= 4 is 25.6 Å². The SMILES string of the molecule is C#CCCC1=NN=C(c2ccccc2)NN1C(=O)OCc1ccc(OP(=O)(OCC)OCC)cc1. The number of nitrogens with one attached hydrogen (secondary N) is 1. The van der Waals surface area contributed by atoms with Crippen molar-refractivity contribution in [2.45, 2.75) is 33.3 Å². The number of phosphoric ester groups is 1. The van der Waals surface area contributed by atoms with Gasteiger partial charge in [0.2, 0.25) is 0 Å². The largest absolute Gasteiger partial charge is 0.530 e. The number of hydrogen-bond acceptors (Lipinski definition) is 9. The molecule has 0 bridgehead atoms. The van der Waals surface area contributed by atoms with Crippen LogP contribution in [-0.2, 0) is 25.0 Å². The van der Waals surface area contributed by atoms with Crippen molar-refractivity contribution in [1.29, 1.82) is 0 Å². The molecule has 2 aromatic carbocycles. The number of hydrogen-bond donors (Lipinski definition) is 1. The molecule has 1 amide bonds. The second-order valence-electron chi connectivity index (χ2n) is 7.05. The first kappa shape index (κ1) is 26.0. The molecule has 1 aliphatic heterocycles. The van der Waals surface area contributed by atoms with Crippen LogP contribution >= 0.6 is 7.82 Å². The molecule has 0 aliphatic carbocycles. The fourth-order valence-corrected chi connectivity index (χ4v) is 4.14. The molecule has 3 rings (SSSR count). The molecule has 11 heteroatoms. The molecule has 2 aromatic rings. The summed E-state index contributed by atoms with van der Waals surface area (Å²) in [4.78, 5) is 12.9. The number of rotatable bonds is 11. The molecule has 1 heterocycles. The Balaban J connectivity index is 1.64. The Labute approximate surface area is 204 Å². The molecule has 0 spiro atoms. The normalized spacial score (nSPS) is 13.2. The van der Waals surface area contributed by atoms with Crippen LogP contribution < -0.4 is 9.95 Å². The minimum absolute atomic E-state index is 0.0217. The molecule has 0 fully saturated rings. The van der Waals surface area contributed by atoms with Crippen molar-refractivity contribution in [3.05, 3.63) is 65.7 Å². The summed E-state index contributed by atoms with van der Waals surface area (Å²) in [6.07, 6.45) is 5.43. The standard InChI is InChI=1S/C24H27N4O6P/c1-4-7-13-22-25-26-23(20-11-9-8-10-12-20)27-28(22)24(29)31-18-19-14-16-21(17-15-19)34-35(30,32-5-2)33-6-3/h1,8-12,14-17H,5-7,13,18H2,2-3H3,(H,26,27). The molecule has 0 unspecified atom stereocenters. The number of phosphoric acid groups is 1. The lowest BCUT2D eigenvalue weighted by Gasteiger charge is -2.27. The first-order chi connectivity index (χ1) is 17.0. The highest BCUT2D eigenvalue weighted by atomic mass is 31.2. The summed E-state index contributed by atoms with van der Waals surface area (Å²) in [6.45, 7) is 3.73. The predicted octanol–water partition coefficient (Wildman–Crippen LogP) is 4.88. The fourth-order valence-electron chi connectivity index (χ4n) is 2.95. The lowest BCUT2D eigenvalue weighted by molar-refractivity contribution is 0.109. The topological polar surface area (TPSA) is 111 Å². The van der Waals surface area contributed by atoms with Crippen LogP contribution in [0, 0.1) is 12.3 Å². The maximum atomic E-state index is 12.9. The summed E-state index contributed by atoms with van der Waals surface area (Å²) in [6, 6.07) is 15.8. The molecule has 1 aliphatic rings. The highest BCUT2D eigenvalue weighted by Crippen LogP contribution is 2.49. The molecule has 0 aromatic heterocycles. The summed E-state index contributed by atoms with van der Waals surface area (Å²) >= 11 is 0. The number of carbonyl (C=O) groups is 1. The average Bonchev–Trinajstić information content (AvgIpc) is 2.87. The molecule has 10 nitrogen and oxygen atoms in total. The Kier molecular flexibility index (Phi) is 9.44. The van der Waals surface area contributed by atoms with Crippen molar-refractivity contribution < 1.29 is 27.7 Å². The molecule has 0 saturated carbocycles. The van der Waals surface area contributed by atoms with E-state index < -0.39 is 13.9 Å². The first-order valence-corrected chi connectivity index (χ1v) is 12.5. The monoisotopic (exact) mass is 498 g/mol. The van der Waals surface area contributed by atoms with Crippen molar-refractivity contribution in [1.82, 2.24) is 10.4 Å². The highest BCUT2D eigenvalue weighted by molar-refractivity contribution is 7.48. The lowest BCUT2D eigenvalue weighted by atomic mass is 10.2. The van der Waals surface area contributed by atoms with Crippen molar-refractivity contribution in [3.63, 3.8) is 0 Å². The molecule has 0 radical (unpaired) electrons. The smallest absolute Gasteiger partial charge is 0.443 e. The second-order valence-corrected chi connectivity index (χ2v) is 8.65. The number of nitrogens with zero attached hydrogens (tertiary/aromatic N) is 3. The number of amides is 1. The number of amidine groups is 2. The predicted molar refractivity (Wildman–Crippen MR) is 132 cm³/mol. The van der Waals surface area contributed by atoms with Gasteiger partial charge in [-0.3, -0.25) is 14.5 Å². The molecule has 0 saturated heterocycles. The van der Waals surface area contributed by atoms with Crippen LogP contribution in [0.2, 0.25) is 0 Å². The molecule has 1 N–H and O–H groups in total. The average molecular weight is 498 g/mol. The van der Waals surface area contributed by atoms with Gasteiger partial charge in [0.25, 0.3) is 0 Å². The van der Waals surface area contributed by atoms with E-state index >= 15 is 0 Å². The van der Waals surface area contributed by atoms with Gasteiger partial charge in [-0.25, -0.2) is 9.36 Å². The molecular formula is C24H27N4O6P. The van der Waals surface area contributed by atoms with Crippen LogP contribution in [0.3, 0.4) is 0 Å². The Morgan fingerprint density at radius 3 is 2.37 bits per heavy atom. The molecular weight excluding hydrogens is 471 g/mol. The Morgan fingerprint density at radius 2 is 1.74 bits per heavy atom. The van der Waals surface area contributed by atoms with E-state index in [0.717, 1.165) is 5.56 Å². The van der Waals surface area contributed by atoms with Crippen LogP contribution in [-0.4, -0.2) is 36.0 Å². The number of benzene rings is 2. The molecule has 35 heavy (non-hydrogen) atoms. The summed E-state index contributed by atoms with van der Waals surface area (Å²) in [7, 11) is -3.69. The minimum atomic E-state index is -3.69. The fraction of sp³-hybridized carbons (Fsp3) is 0.292. The summed E-state index contributed by atoms with van der Waals surface area (Å²) in [5, 5.41) is 9.53. The maximum Gasteiger partial charge on any atom is 0.530 e. The zero-order chi connectivity index (χ0) is 25.1. The van der Waals surface area contributed by atoms with Gasteiger partial charge in [0, 0.05) is 18.4 Å². The van der Waals surface area contributed by atoms with Gasteiger partial charge in [-0.15, -0.1) is 22.5 Å². The molecule has 184 valence electrons. The van der Waals surface area contributed by atoms with E-state index in [1.165, 1.54) is 5.01 Å². The van der Waals surface area contributed by atoms with Crippen LogP contribution in [0.4, 0.5) is 4.79 Å². The molecule has 0 atom stereocenters. The van der Waals surface area contributed by atoms with E-state index in [2.05, 4.69) is 21.5 Å². The van der Waals surface area contributed by atoms with Crippen molar-refractivity contribution in [2.75, 3.05) is 13.2 Å². The maximum absolute atomic E-state index is 12.9. The van der Waals surface area contributed by atoms with Gasteiger partial charge in [-0.2, -0.15) is 5.01 Å². The quantitative estimate of drug-likeness (QED) is 0.347. The van der Waals surface area contributed by atoms with Crippen LogP contribution in [0.5, 0.6) is 5.75 Å². The van der Waals surface area contributed by atoms with Gasteiger partial charge in [0.15, 0.2) is 11.7 Å². The van der Waals surface area contributed by atoms with Gasteiger partial charge in [0.05, 0.1) is 13.2 Å². The van der Waals surface area contributed by atoms with Crippen LogP contribution in [0.15, 0.2) is 64.8 Å². The Hall–Kier alpha value is -3.64. The number of hydrazine groups is 1. The van der Waals surface area contributed by atoms with Gasteiger partial charge < -0.3 is 9.26 Å². The van der Waals surface area contributed by atoms with Crippen LogP contribution in [0.25, 0.3) is 0 Å². The van der Waals surface area contributed by atoms with Crippen molar-refractivity contribution in [2.24, 2.45) is 10.2 Å². The third-order valence-electron chi connectivity index (χ3n) is 4.54. The highest BCUT2D eigenvalue weighted by Gasteiger charge is 2.28. The summed E-state index contributed by atoms with van der Waals surface area (Å²) in [5.41, 5.74) is 4.40. The van der Waals surface area contributed by atoms with Gasteiger partial charge in [-0.05, 0) is 31.5 Å². The summed E-state index contributed by atoms with van der Waals surface area (Å²) in [5.74, 6) is 3.58. The summed E-state index contributed by atoms with van der Waals surface area (Å²) < 4.78 is 33.6.